The van der Waals surface area contributed by atoms with Gasteiger partial charge in [-0.2, -0.15) is 5.26 Å². The van der Waals surface area contributed by atoms with E-state index in [1.54, 1.807) is 18.2 Å². The maximum Gasteiger partial charge on any atom is 0.330 e. The number of benzene rings is 1. The van der Waals surface area contributed by atoms with E-state index < -0.39 is 5.97 Å². The Labute approximate surface area is 93.4 Å². The molecule has 0 fully saturated rings. The molecule has 4 heteroatoms. The van der Waals surface area contributed by atoms with Crippen LogP contribution in [-0.4, -0.2) is 18.2 Å². The molecule has 0 bridgehead atoms. The smallest absolute Gasteiger partial charge is 0.330 e. The fourth-order valence-electron chi connectivity index (χ4n) is 1.17. The first kappa shape index (κ1) is 11.8. The van der Waals surface area contributed by atoms with Crippen molar-refractivity contribution in [1.29, 1.82) is 5.26 Å². The fourth-order valence-corrected chi connectivity index (χ4v) is 1.17. The molecule has 0 aliphatic rings. The standard InChI is InChI=1S/C12H11NO3/c1-16-12(15)5-3-9-2-4-11(14)10(8-9)6-7-13/h2-5,8,14H,6H2,1H3. The van der Waals surface area contributed by atoms with E-state index in [4.69, 9.17) is 5.26 Å². The van der Waals surface area contributed by atoms with Gasteiger partial charge in [0.1, 0.15) is 5.75 Å². The third kappa shape index (κ3) is 3.14. The summed E-state index contributed by atoms with van der Waals surface area (Å²) in [6, 6.07) is 6.74. The first-order valence-corrected chi connectivity index (χ1v) is 4.62. The molecule has 0 saturated carbocycles. The number of carbonyl (C=O) groups excluding carboxylic acids is 1. The van der Waals surface area contributed by atoms with Gasteiger partial charge in [0, 0.05) is 11.6 Å². The number of phenolic OH excluding ortho intramolecular Hbond substituents is 1. The molecule has 0 radical (unpaired) electrons. The molecule has 0 saturated heterocycles. The second kappa shape index (κ2) is 5.56. The quantitative estimate of drug-likeness (QED) is 0.617. The van der Waals surface area contributed by atoms with Crippen LogP contribution in [0.3, 0.4) is 0 Å². The third-order valence-electron chi connectivity index (χ3n) is 1.99. The van der Waals surface area contributed by atoms with E-state index >= 15 is 0 Å². The van der Waals surface area contributed by atoms with Gasteiger partial charge in [-0.3, -0.25) is 0 Å². The van der Waals surface area contributed by atoms with Crippen molar-refractivity contribution in [3.8, 4) is 11.8 Å². The van der Waals surface area contributed by atoms with E-state index in [1.807, 2.05) is 6.07 Å². The molecule has 82 valence electrons. The van der Waals surface area contributed by atoms with Gasteiger partial charge in [0.2, 0.25) is 0 Å². The van der Waals surface area contributed by atoms with Crippen molar-refractivity contribution in [2.45, 2.75) is 6.42 Å². The SMILES string of the molecule is COC(=O)C=Cc1ccc(O)c(CC#N)c1. The summed E-state index contributed by atoms with van der Waals surface area (Å²) < 4.78 is 4.45. The Balaban J connectivity index is 2.91. The number of carbonyl (C=O) groups is 1. The van der Waals surface area contributed by atoms with E-state index in [2.05, 4.69) is 4.74 Å². The van der Waals surface area contributed by atoms with Crippen molar-refractivity contribution in [2.75, 3.05) is 7.11 Å². The predicted octanol–water partition coefficient (Wildman–Crippen LogP) is 1.64. The Morgan fingerprint density at radius 3 is 3.00 bits per heavy atom. The van der Waals surface area contributed by atoms with Gasteiger partial charge in [0.15, 0.2) is 0 Å². The van der Waals surface area contributed by atoms with Crippen LogP contribution in [0.5, 0.6) is 5.75 Å². The first-order chi connectivity index (χ1) is 7.67. The molecule has 0 aliphatic heterocycles. The molecule has 1 aromatic carbocycles. The van der Waals surface area contributed by atoms with E-state index in [0.717, 1.165) is 5.56 Å². The van der Waals surface area contributed by atoms with Gasteiger partial charge in [-0.1, -0.05) is 6.07 Å². The molecular weight excluding hydrogens is 206 g/mol. The molecule has 16 heavy (non-hydrogen) atoms. The predicted molar refractivity (Wildman–Crippen MR) is 58.5 cm³/mol. The fraction of sp³-hybridized carbons (Fsp3) is 0.167. The molecular formula is C12H11NO3. The molecule has 0 atom stereocenters. The second-order valence-corrected chi connectivity index (χ2v) is 3.08. The van der Waals surface area contributed by atoms with Gasteiger partial charge >= 0.3 is 5.97 Å². The first-order valence-electron chi connectivity index (χ1n) is 4.62. The zero-order valence-electron chi connectivity index (χ0n) is 8.80. The Hall–Kier alpha value is -2.28. The molecule has 0 heterocycles. The lowest BCUT2D eigenvalue weighted by atomic mass is 10.1. The van der Waals surface area contributed by atoms with Crippen LogP contribution in [0.25, 0.3) is 6.08 Å². The number of phenols is 1. The highest BCUT2D eigenvalue weighted by atomic mass is 16.5. The number of rotatable bonds is 3. The normalized spacial score (nSPS) is 10.0. The zero-order valence-corrected chi connectivity index (χ0v) is 8.80. The summed E-state index contributed by atoms with van der Waals surface area (Å²) in [6.07, 6.45) is 2.97. The van der Waals surface area contributed by atoms with Crippen LogP contribution in [0.15, 0.2) is 24.3 Å². The van der Waals surface area contributed by atoms with Crippen LogP contribution in [0, 0.1) is 11.3 Å². The summed E-state index contributed by atoms with van der Waals surface area (Å²) in [5.74, 6) is -0.369. The lowest BCUT2D eigenvalue weighted by molar-refractivity contribution is -0.134. The highest BCUT2D eigenvalue weighted by Gasteiger charge is 2.01. The third-order valence-corrected chi connectivity index (χ3v) is 1.99. The van der Waals surface area contributed by atoms with E-state index in [-0.39, 0.29) is 12.2 Å². The zero-order chi connectivity index (χ0) is 12.0. The number of ether oxygens (including phenoxy) is 1. The summed E-state index contributed by atoms with van der Waals surface area (Å²) in [6.45, 7) is 0. The monoisotopic (exact) mass is 217 g/mol. The van der Waals surface area contributed by atoms with Crippen molar-refractivity contribution in [3.05, 3.63) is 35.4 Å². The number of esters is 1. The highest BCUT2D eigenvalue weighted by Crippen LogP contribution is 2.19. The molecule has 1 aromatic rings. The van der Waals surface area contributed by atoms with E-state index in [9.17, 15) is 9.90 Å². The Bertz CT molecular complexity index is 458. The average molecular weight is 217 g/mol. The molecule has 4 nitrogen and oxygen atoms in total. The number of hydrogen-bond donors (Lipinski definition) is 1. The molecule has 0 spiro atoms. The second-order valence-electron chi connectivity index (χ2n) is 3.08. The minimum Gasteiger partial charge on any atom is -0.508 e. The summed E-state index contributed by atoms with van der Waals surface area (Å²) in [4.78, 5) is 10.9. The Morgan fingerprint density at radius 2 is 2.38 bits per heavy atom. The van der Waals surface area contributed by atoms with Gasteiger partial charge in [0.05, 0.1) is 19.6 Å². The van der Waals surface area contributed by atoms with Crippen LogP contribution in [0.4, 0.5) is 0 Å². The molecule has 0 unspecified atom stereocenters. The minimum atomic E-state index is -0.449. The maximum atomic E-state index is 10.9. The summed E-state index contributed by atoms with van der Waals surface area (Å²) >= 11 is 0. The number of aromatic hydroxyl groups is 1. The van der Waals surface area contributed by atoms with Crippen LogP contribution >= 0.6 is 0 Å². The molecule has 0 amide bonds. The number of nitriles is 1. The summed E-state index contributed by atoms with van der Waals surface area (Å²) in [5, 5.41) is 18.0. The largest absolute Gasteiger partial charge is 0.508 e. The van der Waals surface area contributed by atoms with Gasteiger partial charge in [0.25, 0.3) is 0 Å². The average Bonchev–Trinajstić information content (AvgIpc) is 2.30. The highest BCUT2D eigenvalue weighted by molar-refractivity contribution is 5.86. The van der Waals surface area contributed by atoms with Crippen molar-refractivity contribution < 1.29 is 14.6 Å². The molecule has 0 aromatic heterocycles. The van der Waals surface area contributed by atoms with Gasteiger partial charge in [-0.15, -0.1) is 0 Å². The summed E-state index contributed by atoms with van der Waals surface area (Å²) in [7, 11) is 1.30. The van der Waals surface area contributed by atoms with Crippen molar-refractivity contribution in [2.24, 2.45) is 0 Å². The lowest BCUT2D eigenvalue weighted by Gasteiger charge is -2.01. The molecule has 0 aliphatic carbocycles. The number of nitrogens with zero attached hydrogens (tertiary/aromatic N) is 1. The molecule has 1 N–H and O–H groups in total. The minimum absolute atomic E-state index is 0.0803. The van der Waals surface area contributed by atoms with E-state index in [1.165, 1.54) is 19.3 Å². The van der Waals surface area contributed by atoms with Crippen LogP contribution in [0.2, 0.25) is 0 Å². The lowest BCUT2D eigenvalue weighted by Crippen LogP contribution is -1.93. The van der Waals surface area contributed by atoms with Crippen LogP contribution < -0.4 is 0 Å². The van der Waals surface area contributed by atoms with Crippen LogP contribution in [0.1, 0.15) is 11.1 Å². The number of methoxy groups -OCH3 is 1. The van der Waals surface area contributed by atoms with Crippen molar-refractivity contribution >= 4 is 12.0 Å². The van der Waals surface area contributed by atoms with Crippen molar-refractivity contribution in [3.63, 3.8) is 0 Å². The van der Waals surface area contributed by atoms with Gasteiger partial charge in [-0.25, -0.2) is 4.79 Å². The number of hydrogen-bond acceptors (Lipinski definition) is 4. The van der Waals surface area contributed by atoms with E-state index in [0.29, 0.717) is 5.56 Å². The Morgan fingerprint density at radius 1 is 1.62 bits per heavy atom. The van der Waals surface area contributed by atoms with Gasteiger partial charge in [-0.05, 0) is 23.8 Å². The van der Waals surface area contributed by atoms with Crippen LogP contribution in [-0.2, 0) is 16.0 Å². The van der Waals surface area contributed by atoms with Gasteiger partial charge < -0.3 is 9.84 Å². The topological polar surface area (TPSA) is 70.3 Å². The van der Waals surface area contributed by atoms with Crippen molar-refractivity contribution in [1.82, 2.24) is 0 Å². The maximum absolute atomic E-state index is 10.9. The Kier molecular flexibility index (Phi) is 4.10. The summed E-state index contributed by atoms with van der Waals surface area (Å²) in [5.41, 5.74) is 1.27. The molecule has 1 rings (SSSR count).